The van der Waals surface area contributed by atoms with E-state index in [0.717, 1.165) is 5.56 Å². The lowest BCUT2D eigenvalue weighted by atomic mass is 10.1. The fourth-order valence-electron chi connectivity index (χ4n) is 2.63. The number of carbonyl (C=O) groups excluding carboxylic acids is 2. The molecule has 126 valence electrons. The number of nitrogens with zero attached hydrogens (tertiary/aromatic N) is 2. The van der Waals surface area contributed by atoms with Gasteiger partial charge in [0.15, 0.2) is 0 Å². The maximum Gasteiger partial charge on any atom is 0.317 e. The number of nitrogens with one attached hydrogen (secondary N) is 1. The van der Waals surface area contributed by atoms with Crippen molar-refractivity contribution >= 4 is 11.9 Å². The first-order valence-electron chi connectivity index (χ1n) is 8.32. The van der Waals surface area contributed by atoms with Gasteiger partial charge in [-0.25, -0.2) is 4.79 Å². The summed E-state index contributed by atoms with van der Waals surface area (Å²) in [6.07, 6.45) is 0.583. The highest BCUT2D eigenvalue weighted by Crippen LogP contribution is 2.09. The van der Waals surface area contributed by atoms with Gasteiger partial charge in [-0.15, -0.1) is 0 Å². The molecule has 5 heteroatoms. The molecule has 3 amide bonds. The molecule has 1 heterocycles. The molecule has 1 aliphatic heterocycles. The first-order chi connectivity index (χ1) is 11.0. The van der Waals surface area contributed by atoms with Crippen LogP contribution in [0.1, 0.15) is 31.4 Å². The van der Waals surface area contributed by atoms with E-state index in [1.807, 2.05) is 49.9 Å². The zero-order valence-electron chi connectivity index (χ0n) is 14.3. The van der Waals surface area contributed by atoms with E-state index in [0.29, 0.717) is 45.1 Å². The van der Waals surface area contributed by atoms with Gasteiger partial charge in [0.25, 0.3) is 0 Å². The molecule has 1 N–H and O–H groups in total. The molecule has 5 nitrogen and oxygen atoms in total. The Labute approximate surface area is 138 Å². The molecule has 0 bridgehead atoms. The predicted octanol–water partition coefficient (Wildman–Crippen LogP) is 2.39. The van der Waals surface area contributed by atoms with Gasteiger partial charge in [0.2, 0.25) is 5.91 Å². The average Bonchev–Trinajstić information content (AvgIpc) is 2.53. The van der Waals surface area contributed by atoms with Crippen LogP contribution < -0.4 is 5.32 Å². The van der Waals surface area contributed by atoms with Crippen molar-refractivity contribution in [1.82, 2.24) is 15.1 Å². The van der Waals surface area contributed by atoms with Crippen LogP contribution in [0, 0.1) is 12.8 Å². The summed E-state index contributed by atoms with van der Waals surface area (Å²) in [6.45, 7) is 9.13. The largest absolute Gasteiger partial charge is 0.339 e. The molecule has 1 aliphatic rings. The zero-order chi connectivity index (χ0) is 16.8. The summed E-state index contributed by atoms with van der Waals surface area (Å²) in [7, 11) is 0. The Morgan fingerprint density at radius 3 is 2.17 bits per heavy atom. The molecule has 0 radical (unpaired) electrons. The minimum atomic E-state index is -0.0541. The van der Waals surface area contributed by atoms with Crippen LogP contribution in [-0.4, -0.2) is 47.9 Å². The van der Waals surface area contributed by atoms with Gasteiger partial charge in [-0.05, 0) is 18.4 Å². The Hall–Kier alpha value is -2.04. The quantitative estimate of drug-likeness (QED) is 0.927. The summed E-state index contributed by atoms with van der Waals surface area (Å²) in [5.41, 5.74) is 2.30. The van der Waals surface area contributed by atoms with E-state index in [9.17, 15) is 9.59 Å². The predicted molar refractivity (Wildman–Crippen MR) is 91.0 cm³/mol. The van der Waals surface area contributed by atoms with Gasteiger partial charge in [-0.3, -0.25) is 4.79 Å². The number of aryl methyl sites for hydroxylation is 1. The molecular weight excluding hydrogens is 290 g/mol. The van der Waals surface area contributed by atoms with Crippen molar-refractivity contribution in [2.45, 2.75) is 33.7 Å². The standard InChI is InChI=1S/C18H27N3O2/c1-14(2)12-17(22)20-8-10-21(11-9-20)18(23)19-13-16-6-4-15(3)5-7-16/h4-7,14H,8-13H2,1-3H3,(H,19,23). The summed E-state index contributed by atoms with van der Waals surface area (Å²) < 4.78 is 0. The Morgan fingerprint density at radius 1 is 1.04 bits per heavy atom. The third-order valence-electron chi connectivity index (χ3n) is 4.07. The lowest BCUT2D eigenvalue weighted by molar-refractivity contribution is -0.133. The van der Waals surface area contributed by atoms with Gasteiger partial charge in [-0.1, -0.05) is 43.7 Å². The topological polar surface area (TPSA) is 52.7 Å². The highest BCUT2D eigenvalue weighted by atomic mass is 16.2. The van der Waals surface area contributed by atoms with Crippen molar-refractivity contribution < 1.29 is 9.59 Å². The van der Waals surface area contributed by atoms with Gasteiger partial charge >= 0.3 is 6.03 Å². The first-order valence-corrected chi connectivity index (χ1v) is 8.32. The van der Waals surface area contributed by atoms with E-state index in [1.165, 1.54) is 5.56 Å². The maximum atomic E-state index is 12.2. The molecule has 0 atom stereocenters. The Morgan fingerprint density at radius 2 is 1.61 bits per heavy atom. The lowest BCUT2D eigenvalue weighted by Crippen LogP contribution is -2.53. The molecular formula is C18H27N3O2. The van der Waals surface area contributed by atoms with Gasteiger partial charge in [-0.2, -0.15) is 0 Å². The summed E-state index contributed by atoms with van der Waals surface area (Å²) in [4.78, 5) is 27.9. The number of urea groups is 1. The number of piperazine rings is 1. The number of hydrogen-bond acceptors (Lipinski definition) is 2. The second-order valence-electron chi connectivity index (χ2n) is 6.61. The number of rotatable bonds is 4. The molecule has 0 aromatic heterocycles. The summed E-state index contributed by atoms with van der Waals surface area (Å²) in [6, 6.07) is 8.08. The maximum absolute atomic E-state index is 12.2. The molecule has 1 fully saturated rings. The lowest BCUT2D eigenvalue weighted by Gasteiger charge is -2.35. The van der Waals surface area contributed by atoms with Crippen LogP contribution in [0.5, 0.6) is 0 Å². The Bertz CT molecular complexity index is 532. The summed E-state index contributed by atoms with van der Waals surface area (Å²) in [5, 5.41) is 2.95. The second-order valence-corrected chi connectivity index (χ2v) is 6.61. The average molecular weight is 317 g/mol. The van der Waals surface area contributed by atoms with Gasteiger partial charge in [0.05, 0.1) is 0 Å². The Balaban J connectivity index is 1.75. The molecule has 0 saturated carbocycles. The molecule has 23 heavy (non-hydrogen) atoms. The summed E-state index contributed by atoms with van der Waals surface area (Å²) in [5.74, 6) is 0.568. The van der Waals surface area contributed by atoms with Crippen molar-refractivity contribution in [3.8, 4) is 0 Å². The van der Waals surface area contributed by atoms with Gasteiger partial charge in [0, 0.05) is 39.1 Å². The van der Waals surface area contributed by atoms with Gasteiger partial charge < -0.3 is 15.1 Å². The van der Waals surface area contributed by atoms with E-state index < -0.39 is 0 Å². The summed E-state index contributed by atoms with van der Waals surface area (Å²) >= 11 is 0. The number of amides is 3. The second kappa shape index (κ2) is 7.99. The molecule has 0 unspecified atom stereocenters. The van der Waals surface area contributed by atoms with E-state index in [1.54, 1.807) is 4.90 Å². The van der Waals surface area contributed by atoms with Crippen LogP contribution in [0.3, 0.4) is 0 Å². The van der Waals surface area contributed by atoms with Crippen molar-refractivity contribution in [2.75, 3.05) is 26.2 Å². The van der Waals surface area contributed by atoms with Crippen LogP contribution in [-0.2, 0) is 11.3 Å². The SMILES string of the molecule is Cc1ccc(CNC(=O)N2CCN(C(=O)CC(C)C)CC2)cc1. The molecule has 1 aromatic carbocycles. The minimum Gasteiger partial charge on any atom is -0.339 e. The van der Waals surface area contributed by atoms with Crippen molar-refractivity contribution in [1.29, 1.82) is 0 Å². The van der Waals surface area contributed by atoms with E-state index in [-0.39, 0.29) is 11.9 Å². The third-order valence-corrected chi connectivity index (χ3v) is 4.07. The highest BCUT2D eigenvalue weighted by Gasteiger charge is 2.24. The van der Waals surface area contributed by atoms with E-state index in [2.05, 4.69) is 5.32 Å². The van der Waals surface area contributed by atoms with E-state index >= 15 is 0 Å². The highest BCUT2D eigenvalue weighted by molar-refractivity contribution is 5.77. The number of carbonyl (C=O) groups is 2. The van der Waals surface area contributed by atoms with Crippen molar-refractivity contribution in [3.05, 3.63) is 35.4 Å². The smallest absolute Gasteiger partial charge is 0.317 e. The molecule has 1 aromatic rings. The van der Waals surface area contributed by atoms with Crippen LogP contribution in [0.25, 0.3) is 0 Å². The fourth-order valence-corrected chi connectivity index (χ4v) is 2.63. The van der Waals surface area contributed by atoms with Crippen LogP contribution >= 0.6 is 0 Å². The molecule has 0 spiro atoms. The minimum absolute atomic E-state index is 0.0541. The third kappa shape index (κ3) is 5.27. The van der Waals surface area contributed by atoms with Gasteiger partial charge in [0.1, 0.15) is 0 Å². The van der Waals surface area contributed by atoms with Crippen LogP contribution in [0.15, 0.2) is 24.3 Å². The zero-order valence-corrected chi connectivity index (χ0v) is 14.3. The van der Waals surface area contributed by atoms with Crippen molar-refractivity contribution in [3.63, 3.8) is 0 Å². The van der Waals surface area contributed by atoms with Crippen molar-refractivity contribution in [2.24, 2.45) is 5.92 Å². The van der Waals surface area contributed by atoms with Crippen LogP contribution in [0.2, 0.25) is 0 Å². The monoisotopic (exact) mass is 317 g/mol. The van der Waals surface area contributed by atoms with Crippen LogP contribution in [0.4, 0.5) is 4.79 Å². The molecule has 2 rings (SSSR count). The number of hydrogen-bond donors (Lipinski definition) is 1. The molecule has 1 saturated heterocycles. The number of benzene rings is 1. The Kier molecular flexibility index (Phi) is 6.02. The van der Waals surface area contributed by atoms with E-state index in [4.69, 9.17) is 0 Å². The molecule has 0 aliphatic carbocycles. The first kappa shape index (κ1) is 17.3. The fraction of sp³-hybridized carbons (Fsp3) is 0.556. The normalized spacial score (nSPS) is 15.0.